The molecule has 2 aromatic rings. The predicted molar refractivity (Wildman–Crippen MR) is 77.0 cm³/mol. The van der Waals surface area contributed by atoms with E-state index in [4.69, 9.17) is 13.7 Å². The molecular formula is C15H21N3O4. The summed E-state index contributed by atoms with van der Waals surface area (Å²) in [6.07, 6.45) is 0. The van der Waals surface area contributed by atoms with Gasteiger partial charge in [-0.15, -0.1) is 0 Å². The van der Waals surface area contributed by atoms with E-state index < -0.39 is 0 Å². The topological polar surface area (TPSA) is 84.8 Å². The van der Waals surface area contributed by atoms with Crippen LogP contribution in [0.1, 0.15) is 29.2 Å². The van der Waals surface area contributed by atoms with E-state index in [1.54, 1.807) is 7.11 Å². The third-order valence-electron chi connectivity index (χ3n) is 4.00. The smallest absolute Gasteiger partial charge is 0.231 e. The molecule has 0 saturated carbocycles. The number of ether oxygens (including phenoxy) is 1. The van der Waals surface area contributed by atoms with Gasteiger partial charge in [-0.2, -0.15) is 4.98 Å². The van der Waals surface area contributed by atoms with E-state index in [0.29, 0.717) is 18.3 Å². The first-order valence-corrected chi connectivity index (χ1v) is 7.39. The second kappa shape index (κ2) is 6.60. The van der Waals surface area contributed by atoms with Crippen molar-refractivity contribution < 1.29 is 18.8 Å². The van der Waals surface area contributed by atoms with Crippen LogP contribution < -0.4 is 0 Å². The van der Waals surface area contributed by atoms with Gasteiger partial charge in [-0.25, -0.2) is 0 Å². The van der Waals surface area contributed by atoms with Gasteiger partial charge in [0.15, 0.2) is 5.82 Å². The highest BCUT2D eigenvalue weighted by molar-refractivity contribution is 5.08. The van der Waals surface area contributed by atoms with Crippen LogP contribution in [0.5, 0.6) is 0 Å². The van der Waals surface area contributed by atoms with Crippen molar-refractivity contribution in [1.82, 2.24) is 15.0 Å². The summed E-state index contributed by atoms with van der Waals surface area (Å²) in [4.78, 5) is 6.60. The molecular weight excluding hydrogens is 286 g/mol. The molecule has 0 unspecified atom stereocenters. The van der Waals surface area contributed by atoms with Crippen molar-refractivity contribution in [2.24, 2.45) is 5.92 Å². The fourth-order valence-corrected chi connectivity index (χ4v) is 2.95. The van der Waals surface area contributed by atoms with Crippen LogP contribution in [0, 0.1) is 12.8 Å². The van der Waals surface area contributed by atoms with Crippen molar-refractivity contribution >= 4 is 0 Å². The molecule has 2 atom stereocenters. The third-order valence-corrected chi connectivity index (χ3v) is 4.00. The summed E-state index contributed by atoms with van der Waals surface area (Å²) in [5.74, 6) is 3.08. The van der Waals surface area contributed by atoms with Gasteiger partial charge in [0.25, 0.3) is 0 Å². The highest BCUT2D eigenvalue weighted by Gasteiger charge is 2.37. The number of nitrogens with zero attached hydrogens (tertiary/aromatic N) is 3. The van der Waals surface area contributed by atoms with E-state index in [0.717, 1.165) is 31.2 Å². The van der Waals surface area contributed by atoms with Crippen LogP contribution in [0.15, 0.2) is 21.1 Å². The second-order valence-electron chi connectivity index (χ2n) is 5.74. The molecule has 3 heterocycles. The van der Waals surface area contributed by atoms with Gasteiger partial charge < -0.3 is 18.8 Å². The predicted octanol–water partition coefficient (Wildman–Crippen LogP) is 1.33. The molecule has 1 aliphatic heterocycles. The van der Waals surface area contributed by atoms with Gasteiger partial charge in [0.05, 0.1) is 12.5 Å². The van der Waals surface area contributed by atoms with Gasteiger partial charge in [-0.3, -0.25) is 4.90 Å². The Labute approximate surface area is 128 Å². The van der Waals surface area contributed by atoms with E-state index in [1.165, 1.54) is 0 Å². The minimum Gasteiger partial charge on any atom is -0.465 e. The fraction of sp³-hybridized carbons (Fsp3) is 0.600. The standard InChI is InChI=1S/C15H21N3O4/c1-10-3-4-12(21-10)6-18-5-11(8-19)13(7-18)15-16-14(9-20-2)17-22-15/h3-4,11,13,19H,5-9H2,1-2H3/t11-,13+/m0/s1. The monoisotopic (exact) mass is 307 g/mol. The maximum Gasteiger partial charge on any atom is 0.231 e. The van der Waals surface area contributed by atoms with Crippen LogP contribution in [0.3, 0.4) is 0 Å². The number of aryl methyl sites for hydroxylation is 1. The minimum absolute atomic E-state index is 0.0409. The first-order chi connectivity index (χ1) is 10.7. The van der Waals surface area contributed by atoms with Crippen molar-refractivity contribution in [3.05, 3.63) is 35.4 Å². The average molecular weight is 307 g/mol. The number of likely N-dealkylation sites (tertiary alicyclic amines) is 1. The summed E-state index contributed by atoms with van der Waals surface area (Å²) in [5, 5.41) is 13.5. The number of methoxy groups -OCH3 is 1. The zero-order valence-corrected chi connectivity index (χ0v) is 12.9. The number of rotatable bonds is 6. The number of hydrogen-bond acceptors (Lipinski definition) is 7. The summed E-state index contributed by atoms with van der Waals surface area (Å²) in [6, 6.07) is 3.95. The van der Waals surface area contributed by atoms with Gasteiger partial charge in [0.1, 0.15) is 18.1 Å². The molecule has 120 valence electrons. The maximum absolute atomic E-state index is 9.63. The quantitative estimate of drug-likeness (QED) is 0.861. The zero-order chi connectivity index (χ0) is 15.5. The van der Waals surface area contributed by atoms with Crippen LogP contribution in [-0.4, -0.2) is 47.0 Å². The Morgan fingerprint density at radius 1 is 1.41 bits per heavy atom. The molecule has 0 spiro atoms. The molecule has 0 aromatic carbocycles. The average Bonchev–Trinajstić information content (AvgIpc) is 3.20. The number of aliphatic hydroxyl groups excluding tert-OH is 1. The van der Waals surface area contributed by atoms with Crippen molar-refractivity contribution in [2.75, 3.05) is 26.8 Å². The Morgan fingerprint density at radius 3 is 2.95 bits per heavy atom. The molecule has 7 nitrogen and oxygen atoms in total. The molecule has 7 heteroatoms. The number of aromatic nitrogens is 2. The van der Waals surface area contributed by atoms with Crippen LogP contribution in [0.2, 0.25) is 0 Å². The Bertz CT molecular complexity index is 609. The number of aliphatic hydroxyl groups is 1. The van der Waals surface area contributed by atoms with E-state index in [-0.39, 0.29) is 18.4 Å². The maximum atomic E-state index is 9.63. The van der Waals surface area contributed by atoms with Crippen LogP contribution in [0.25, 0.3) is 0 Å². The van der Waals surface area contributed by atoms with Crippen molar-refractivity contribution in [3.8, 4) is 0 Å². The van der Waals surface area contributed by atoms with Crippen LogP contribution >= 0.6 is 0 Å². The Kier molecular flexibility index (Phi) is 4.56. The molecule has 0 bridgehead atoms. The van der Waals surface area contributed by atoms with Gasteiger partial charge >= 0.3 is 0 Å². The Balaban J connectivity index is 1.68. The summed E-state index contributed by atoms with van der Waals surface area (Å²) < 4.78 is 16.0. The van der Waals surface area contributed by atoms with Gasteiger partial charge in [-0.05, 0) is 19.1 Å². The first kappa shape index (κ1) is 15.2. The largest absolute Gasteiger partial charge is 0.465 e. The molecule has 2 aromatic heterocycles. The van der Waals surface area contributed by atoms with E-state index >= 15 is 0 Å². The lowest BCUT2D eigenvalue weighted by Gasteiger charge is -2.13. The van der Waals surface area contributed by atoms with Crippen LogP contribution in [-0.2, 0) is 17.9 Å². The molecule has 0 radical (unpaired) electrons. The van der Waals surface area contributed by atoms with E-state index in [1.807, 2.05) is 19.1 Å². The minimum atomic E-state index is 0.0409. The van der Waals surface area contributed by atoms with Gasteiger partial charge in [0.2, 0.25) is 5.89 Å². The molecule has 1 fully saturated rings. The molecule has 1 saturated heterocycles. The summed E-state index contributed by atoms with van der Waals surface area (Å²) in [7, 11) is 1.59. The zero-order valence-electron chi connectivity index (χ0n) is 12.9. The molecule has 0 amide bonds. The van der Waals surface area contributed by atoms with Gasteiger partial charge in [-0.1, -0.05) is 5.16 Å². The highest BCUT2D eigenvalue weighted by atomic mass is 16.5. The normalized spacial score (nSPS) is 22.5. The summed E-state index contributed by atoms with van der Waals surface area (Å²) in [5.41, 5.74) is 0. The lowest BCUT2D eigenvalue weighted by molar-refractivity contribution is 0.174. The molecule has 3 rings (SSSR count). The highest BCUT2D eigenvalue weighted by Crippen LogP contribution is 2.32. The van der Waals surface area contributed by atoms with E-state index in [9.17, 15) is 5.11 Å². The summed E-state index contributed by atoms with van der Waals surface area (Å²) in [6.45, 7) is 4.63. The summed E-state index contributed by atoms with van der Waals surface area (Å²) >= 11 is 0. The lowest BCUT2D eigenvalue weighted by Crippen LogP contribution is -2.20. The molecule has 0 aliphatic carbocycles. The second-order valence-corrected chi connectivity index (χ2v) is 5.74. The third kappa shape index (κ3) is 3.21. The Morgan fingerprint density at radius 2 is 2.27 bits per heavy atom. The molecule has 22 heavy (non-hydrogen) atoms. The van der Waals surface area contributed by atoms with Gasteiger partial charge in [0, 0.05) is 32.7 Å². The molecule has 1 aliphatic rings. The van der Waals surface area contributed by atoms with Crippen LogP contribution in [0.4, 0.5) is 0 Å². The van der Waals surface area contributed by atoms with Crippen molar-refractivity contribution in [1.29, 1.82) is 0 Å². The molecule has 1 N–H and O–H groups in total. The number of hydrogen-bond donors (Lipinski definition) is 1. The lowest BCUT2D eigenvalue weighted by atomic mass is 9.97. The SMILES string of the molecule is COCc1noc([C@@H]2CN(Cc3ccc(C)o3)C[C@H]2CO)n1. The van der Waals surface area contributed by atoms with Crippen molar-refractivity contribution in [3.63, 3.8) is 0 Å². The van der Waals surface area contributed by atoms with E-state index in [2.05, 4.69) is 15.0 Å². The fourth-order valence-electron chi connectivity index (χ4n) is 2.95. The Hall–Kier alpha value is -1.70. The van der Waals surface area contributed by atoms with Crippen molar-refractivity contribution in [2.45, 2.75) is 26.0 Å². The number of furan rings is 1. The first-order valence-electron chi connectivity index (χ1n) is 7.39.